The van der Waals surface area contributed by atoms with Crippen molar-refractivity contribution in [3.63, 3.8) is 0 Å². The second kappa shape index (κ2) is 18.8. The molecule has 0 amide bonds. The molecule has 17 rings (SSSR count). The second-order valence-corrected chi connectivity index (χ2v) is 23.9. The molecule has 2 aliphatic rings. The van der Waals surface area contributed by atoms with Gasteiger partial charge in [0.05, 0.1) is 22.1 Å². The number of rotatable bonds is 8. The van der Waals surface area contributed by atoms with Gasteiger partial charge in [-0.3, -0.25) is 4.57 Å². The molecule has 0 bridgehead atoms. The fraction of sp³-hybridized carbons (Fsp3) is 0.0769. The van der Waals surface area contributed by atoms with Gasteiger partial charge in [0.25, 0.3) is 0 Å². The number of para-hydroxylation sites is 2. The molecule has 0 N–H and O–H groups in total. The van der Waals surface area contributed by atoms with E-state index < -0.39 is 0 Å². The van der Waals surface area contributed by atoms with Crippen molar-refractivity contribution < 1.29 is 0 Å². The van der Waals surface area contributed by atoms with Crippen LogP contribution < -0.4 is 0 Å². The zero-order chi connectivity index (χ0) is 57.4. The van der Waals surface area contributed by atoms with Gasteiger partial charge in [-0.15, -0.1) is 0 Å². The Hall–Kier alpha value is -11.0. The van der Waals surface area contributed by atoms with Crippen molar-refractivity contribution in [3.8, 4) is 102 Å². The van der Waals surface area contributed by atoms with E-state index in [0.717, 1.165) is 66.5 Å². The highest BCUT2D eigenvalue weighted by atomic mass is 15.2. The first-order valence-corrected chi connectivity index (χ1v) is 29.4. The Morgan fingerprint density at radius 3 is 1.29 bits per heavy atom. The van der Waals surface area contributed by atoms with Crippen LogP contribution in [0.4, 0.5) is 0 Å². The van der Waals surface area contributed by atoms with Gasteiger partial charge in [-0.05, 0) is 104 Å². The zero-order valence-electron chi connectivity index (χ0n) is 47.8. The normalized spacial score (nSPS) is 13.5. The summed E-state index contributed by atoms with van der Waals surface area (Å²) in [7, 11) is 0. The van der Waals surface area contributed by atoms with Crippen LogP contribution in [0.15, 0.2) is 255 Å². The molecule has 11 aromatic carbocycles. The Bertz CT molecular complexity index is 5210. The van der Waals surface area contributed by atoms with E-state index in [4.69, 9.17) is 29.9 Å². The van der Waals surface area contributed by atoms with Crippen molar-refractivity contribution in [1.29, 1.82) is 0 Å². The first kappa shape index (κ1) is 49.6. The van der Waals surface area contributed by atoms with E-state index >= 15 is 0 Å². The quantitative estimate of drug-likeness (QED) is 0.151. The minimum Gasteiger partial charge on any atom is -0.309 e. The summed E-state index contributed by atoms with van der Waals surface area (Å²) in [6.45, 7) is 9.40. The lowest BCUT2D eigenvalue weighted by molar-refractivity contribution is 0.661. The average Bonchev–Trinajstić information content (AvgIpc) is 1.64. The van der Waals surface area contributed by atoms with Crippen LogP contribution in [-0.4, -0.2) is 39.0 Å². The summed E-state index contributed by atoms with van der Waals surface area (Å²) >= 11 is 0. The third-order valence-electron chi connectivity index (χ3n) is 18.2. The third-order valence-corrected chi connectivity index (χ3v) is 18.2. The molecule has 4 aromatic heterocycles. The van der Waals surface area contributed by atoms with Crippen molar-refractivity contribution >= 4 is 43.6 Å². The fourth-order valence-corrected chi connectivity index (χ4v) is 14.0. The maximum Gasteiger partial charge on any atom is 0.238 e. The van der Waals surface area contributed by atoms with Gasteiger partial charge in [-0.2, -0.15) is 9.97 Å². The zero-order valence-corrected chi connectivity index (χ0v) is 47.8. The molecule has 0 fully saturated rings. The molecule has 0 spiro atoms. The summed E-state index contributed by atoms with van der Waals surface area (Å²) in [6, 6.07) is 90.7. The van der Waals surface area contributed by atoms with Crippen LogP contribution in [0.5, 0.6) is 0 Å². The molecule has 8 nitrogen and oxygen atoms in total. The van der Waals surface area contributed by atoms with E-state index in [1.165, 1.54) is 66.2 Å². The Balaban J connectivity index is 0.777. The second-order valence-electron chi connectivity index (χ2n) is 23.9. The summed E-state index contributed by atoms with van der Waals surface area (Å²) in [5, 5.41) is 4.71. The molecule has 86 heavy (non-hydrogen) atoms. The van der Waals surface area contributed by atoms with E-state index in [9.17, 15) is 0 Å². The molecule has 0 saturated heterocycles. The third kappa shape index (κ3) is 7.55. The molecule has 15 aromatic rings. The minimum atomic E-state index is -0.299. The Kier molecular flexibility index (Phi) is 10.8. The molecule has 8 heteroatoms. The highest BCUT2D eigenvalue weighted by Crippen LogP contribution is 2.55. The molecular weight excluding hydrogens is 1050 g/mol. The monoisotopic (exact) mass is 1100 g/mol. The first-order valence-electron chi connectivity index (χ1n) is 29.4. The van der Waals surface area contributed by atoms with E-state index in [1.807, 2.05) is 78.9 Å². The Labute approximate surface area is 497 Å². The summed E-state index contributed by atoms with van der Waals surface area (Å²) < 4.78 is 4.65. The van der Waals surface area contributed by atoms with Crippen molar-refractivity contribution in [2.75, 3.05) is 0 Å². The van der Waals surface area contributed by atoms with Crippen LogP contribution >= 0.6 is 0 Å². The summed E-state index contributed by atoms with van der Waals surface area (Å²) in [6.07, 6.45) is 0. The number of hydrogen-bond acceptors (Lipinski definition) is 6. The lowest BCUT2D eigenvalue weighted by Gasteiger charge is -2.22. The summed E-state index contributed by atoms with van der Waals surface area (Å²) in [5.41, 5.74) is 22.2. The minimum absolute atomic E-state index is 0.179. The molecule has 406 valence electrons. The summed E-state index contributed by atoms with van der Waals surface area (Å²) in [4.78, 5) is 31.2. The number of fused-ring (bicyclic) bond motifs is 12. The fourth-order valence-electron chi connectivity index (χ4n) is 14.0. The number of nitrogens with zero attached hydrogens (tertiary/aromatic N) is 8. The van der Waals surface area contributed by atoms with Crippen LogP contribution in [0.3, 0.4) is 0 Å². The van der Waals surface area contributed by atoms with Crippen molar-refractivity contribution in [2.24, 2.45) is 0 Å². The van der Waals surface area contributed by atoms with Gasteiger partial charge in [0.2, 0.25) is 5.95 Å². The van der Waals surface area contributed by atoms with Gasteiger partial charge < -0.3 is 4.57 Å². The van der Waals surface area contributed by atoms with Crippen LogP contribution in [0, 0.1) is 0 Å². The van der Waals surface area contributed by atoms with Crippen LogP contribution in [-0.2, 0) is 10.8 Å². The highest BCUT2D eigenvalue weighted by Gasteiger charge is 2.39. The van der Waals surface area contributed by atoms with Gasteiger partial charge in [0.1, 0.15) is 0 Å². The number of aromatic nitrogens is 8. The maximum absolute atomic E-state index is 5.41. The Morgan fingerprint density at radius 2 is 0.674 bits per heavy atom. The van der Waals surface area contributed by atoms with Crippen LogP contribution in [0.25, 0.3) is 146 Å². The summed E-state index contributed by atoms with van der Waals surface area (Å²) in [5.74, 6) is 3.69. The maximum atomic E-state index is 5.41. The topological polar surface area (TPSA) is 87.2 Å². The molecule has 2 aliphatic carbocycles. The lowest BCUT2D eigenvalue weighted by Crippen LogP contribution is -2.15. The number of benzene rings is 11. The molecule has 0 atom stereocenters. The predicted molar refractivity (Wildman–Crippen MR) is 350 cm³/mol. The molecule has 0 radical (unpaired) electrons. The van der Waals surface area contributed by atoms with Crippen molar-refractivity contribution in [2.45, 2.75) is 38.5 Å². The van der Waals surface area contributed by atoms with Gasteiger partial charge in [-0.25, -0.2) is 19.9 Å². The van der Waals surface area contributed by atoms with Gasteiger partial charge in [-0.1, -0.05) is 234 Å². The van der Waals surface area contributed by atoms with E-state index in [-0.39, 0.29) is 10.8 Å². The number of hydrogen-bond donors (Lipinski definition) is 0. The van der Waals surface area contributed by atoms with Gasteiger partial charge in [0, 0.05) is 65.9 Å². The molecule has 4 heterocycles. The average molecular weight is 1100 g/mol. The Morgan fingerprint density at radius 1 is 0.256 bits per heavy atom. The predicted octanol–water partition coefficient (Wildman–Crippen LogP) is 18.9. The molecule has 0 saturated carbocycles. The van der Waals surface area contributed by atoms with Gasteiger partial charge in [0.15, 0.2) is 29.1 Å². The van der Waals surface area contributed by atoms with Crippen LogP contribution in [0.2, 0.25) is 0 Å². The molecule has 0 aliphatic heterocycles. The first-order chi connectivity index (χ1) is 42.1. The van der Waals surface area contributed by atoms with E-state index in [1.54, 1.807) is 0 Å². The smallest absolute Gasteiger partial charge is 0.238 e. The highest BCUT2D eigenvalue weighted by molar-refractivity contribution is 6.13. The lowest BCUT2D eigenvalue weighted by atomic mass is 9.81. The van der Waals surface area contributed by atoms with E-state index in [2.05, 4.69) is 213 Å². The SMILES string of the molecule is CC1(C)c2ccccc2-c2cc3c4ccccc4n(-c4nc(-c5ccccc5)nc(-c5ccc(-c6cccc7c6-c6cc8c9ccccc9n(-c9cccc(-c%10nc(-c%11ccccc%11)nc(-c%11ccccc%11)n%10)c9)c8cc6C7(C)C)cc5)n4)c3cc21. The van der Waals surface area contributed by atoms with Crippen LogP contribution in [0.1, 0.15) is 49.9 Å². The van der Waals surface area contributed by atoms with Gasteiger partial charge >= 0.3 is 0 Å². The van der Waals surface area contributed by atoms with E-state index in [0.29, 0.717) is 35.1 Å². The molecule has 0 unspecified atom stereocenters. The molecular formula is C78H54N8. The standard InChI is InChI=1S/C78H54N8/c1-77(2)62-34-17-14-30-55(62)58-43-59-57-32-16-19-37-67(57)86(69(59)45-64(58)77)76-83-73(50-26-12-7-13-27-50)82-74(84-76)51-40-38-47(39-41-51)54-33-21-35-63-70(54)61-44-60-56-31-15-18-36-66(56)85(68(60)46-65(61)78(63,3)4)53-29-20-28-52(42-53)75-80-71(48-22-8-5-9-23-48)79-72(81-75)49-24-10-6-11-25-49/h5-46H,1-4H3. The largest absolute Gasteiger partial charge is 0.309 e. The van der Waals surface area contributed by atoms with Crippen molar-refractivity contribution in [1.82, 2.24) is 39.0 Å². The van der Waals surface area contributed by atoms with Crippen molar-refractivity contribution in [3.05, 3.63) is 277 Å².